The third kappa shape index (κ3) is 14.5. The van der Waals surface area contributed by atoms with Crippen LogP contribution in [0.15, 0.2) is 0 Å². The molecule has 0 fully saturated rings. The van der Waals surface area contributed by atoms with Crippen molar-refractivity contribution in [3.05, 3.63) is 0 Å². The Hall–Kier alpha value is 0.160. The van der Waals surface area contributed by atoms with Gasteiger partial charge in [-0.25, -0.2) is 9.78 Å². The van der Waals surface area contributed by atoms with E-state index in [1.54, 1.807) is 0 Å². The summed E-state index contributed by atoms with van der Waals surface area (Å²) in [5, 5.41) is 34.6. The van der Waals surface area contributed by atoms with Gasteiger partial charge in [0.2, 0.25) is 0 Å². The molecule has 0 aliphatic rings. The lowest BCUT2D eigenvalue weighted by molar-refractivity contribution is -0.258. The predicted molar refractivity (Wildman–Crippen MR) is 103 cm³/mol. The summed E-state index contributed by atoms with van der Waals surface area (Å²) >= 11 is 4.24. The smallest absolute Gasteiger partial charge is 0.317 e. The number of nitrogens with zero attached hydrogens (tertiary/aromatic N) is 2. The van der Waals surface area contributed by atoms with Crippen molar-refractivity contribution < 1.29 is 40.1 Å². The van der Waals surface area contributed by atoms with Gasteiger partial charge in [-0.3, -0.25) is 29.9 Å². The highest BCUT2D eigenvalue weighted by atomic mass is 128. The molecule has 0 heterocycles. The van der Waals surface area contributed by atoms with Crippen LogP contribution >= 0.6 is 37.2 Å². The Bertz CT molecular complexity index is 322. The lowest BCUT2D eigenvalue weighted by atomic mass is 10.2. The summed E-state index contributed by atoms with van der Waals surface area (Å²) in [6, 6.07) is -0.170. The van der Waals surface area contributed by atoms with Crippen molar-refractivity contribution in [1.82, 2.24) is 9.80 Å². The van der Waals surface area contributed by atoms with Gasteiger partial charge in [0.15, 0.2) is 0 Å². The maximum atomic E-state index is 10.7. The molecule has 1 atom stereocenters. The molecule has 0 saturated heterocycles. The second kappa shape index (κ2) is 18.0. The second-order valence-electron chi connectivity index (χ2n) is 4.73. The average Bonchev–Trinajstić information content (AvgIpc) is 2.54. The van der Waals surface area contributed by atoms with Crippen LogP contribution in [0, 0.1) is 0 Å². The van der Waals surface area contributed by atoms with E-state index in [1.165, 1.54) is 4.90 Å². The molecular weight excluding hydrogens is 554 g/mol. The minimum Gasteiger partial charge on any atom is -0.480 e. The van der Waals surface area contributed by atoms with E-state index in [9.17, 15) is 9.59 Å². The quantitative estimate of drug-likeness (QED) is 0.136. The summed E-state index contributed by atoms with van der Waals surface area (Å²) in [5.74, 6) is -2.23. The molecule has 1 unspecified atom stereocenters. The Labute approximate surface area is 163 Å². The standard InChI is InChI=1S/C12H24N2O8.I2/c1-2-10(9-22-20)14(5-6-21-19)4-3-13(7-11(15)16)8-12(17)18;1-2/h10,19-20H,2-9H2,1H3,(H,15,16)(H,17,18);. The number of carbonyl (C=O) groups is 2. The first-order valence-electron chi connectivity index (χ1n) is 7.01. The first-order chi connectivity index (χ1) is 11.4. The van der Waals surface area contributed by atoms with E-state index in [1.807, 2.05) is 11.8 Å². The third-order valence-electron chi connectivity index (χ3n) is 3.15. The molecule has 24 heavy (non-hydrogen) atoms. The molecule has 0 bridgehead atoms. The molecule has 144 valence electrons. The van der Waals surface area contributed by atoms with Gasteiger partial charge in [-0.05, 0) is 6.42 Å². The van der Waals surface area contributed by atoms with E-state index in [0.29, 0.717) is 19.5 Å². The molecule has 0 aromatic rings. The average molecular weight is 578 g/mol. The highest BCUT2D eigenvalue weighted by molar-refractivity contribution is 15.0. The Morgan fingerprint density at radius 2 is 1.54 bits per heavy atom. The van der Waals surface area contributed by atoms with Crippen LogP contribution in [0.5, 0.6) is 0 Å². The zero-order chi connectivity index (χ0) is 19.0. The molecule has 0 aromatic heterocycles. The highest BCUT2D eigenvalue weighted by Gasteiger charge is 2.20. The second-order valence-corrected chi connectivity index (χ2v) is 4.73. The number of hydrogen-bond acceptors (Lipinski definition) is 8. The lowest BCUT2D eigenvalue weighted by Gasteiger charge is -2.31. The van der Waals surface area contributed by atoms with Gasteiger partial charge in [-0.1, -0.05) is 6.92 Å². The fourth-order valence-electron chi connectivity index (χ4n) is 2.07. The molecule has 0 radical (unpaired) electrons. The van der Waals surface area contributed by atoms with Crippen molar-refractivity contribution in [2.24, 2.45) is 0 Å². The molecule has 0 aromatic carbocycles. The van der Waals surface area contributed by atoms with Gasteiger partial charge in [0, 0.05) is 62.9 Å². The number of aliphatic carboxylic acids is 2. The summed E-state index contributed by atoms with van der Waals surface area (Å²) in [6.45, 7) is 2.04. The van der Waals surface area contributed by atoms with E-state index in [4.69, 9.17) is 20.7 Å². The van der Waals surface area contributed by atoms with Crippen molar-refractivity contribution in [2.75, 3.05) is 45.9 Å². The van der Waals surface area contributed by atoms with Gasteiger partial charge in [0.1, 0.15) is 0 Å². The van der Waals surface area contributed by atoms with Crippen molar-refractivity contribution >= 4 is 49.2 Å². The van der Waals surface area contributed by atoms with Crippen LogP contribution in [0.25, 0.3) is 0 Å². The van der Waals surface area contributed by atoms with Crippen LogP contribution in [0.2, 0.25) is 0 Å². The zero-order valence-electron chi connectivity index (χ0n) is 13.3. The molecule has 4 N–H and O–H groups in total. The largest absolute Gasteiger partial charge is 0.480 e. The Kier molecular flexibility index (Phi) is 19.8. The first-order valence-corrected chi connectivity index (χ1v) is 13.3. The molecule has 0 spiro atoms. The topological polar surface area (TPSA) is 140 Å². The van der Waals surface area contributed by atoms with Gasteiger partial charge in [0.25, 0.3) is 0 Å². The summed E-state index contributed by atoms with van der Waals surface area (Å²) in [7, 11) is 0. The number of carboxylic acids is 2. The van der Waals surface area contributed by atoms with E-state index in [0.717, 1.165) is 0 Å². The maximum Gasteiger partial charge on any atom is 0.317 e. The Balaban J connectivity index is 0. The van der Waals surface area contributed by atoms with Gasteiger partial charge >= 0.3 is 11.9 Å². The van der Waals surface area contributed by atoms with Gasteiger partial charge < -0.3 is 10.2 Å². The maximum absolute atomic E-state index is 10.7. The zero-order valence-corrected chi connectivity index (χ0v) is 17.6. The summed E-state index contributed by atoms with van der Waals surface area (Å²) in [5.41, 5.74) is 0. The minimum atomic E-state index is -1.11. The molecule has 0 amide bonds. The predicted octanol–water partition coefficient (Wildman–Crippen LogP) is 1.29. The fraction of sp³-hybridized carbons (Fsp3) is 0.833. The van der Waals surface area contributed by atoms with E-state index in [2.05, 4.69) is 47.0 Å². The Morgan fingerprint density at radius 3 is 1.92 bits per heavy atom. The molecule has 0 aliphatic carbocycles. The fourth-order valence-corrected chi connectivity index (χ4v) is 2.07. The van der Waals surface area contributed by atoms with Crippen LogP contribution in [-0.4, -0.2) is 94.4 Å². The third-order valence-corrected chi connectivity index (χ3v) is 3.15. The summed E-state index contributed by atoms with van der Waals surface area (Å²) in [4.78, 5) is 32.8. The van der Waals surface area contributed by atoms with Crippen molar-refractivity contribution in [3.63, 3.8) is 0 Å². The Morgan fingerprint density at radius 1 is 1.00 bits per heavy atom. The summed E-state index contributed by atoms with van der Waals surface area (Å²) in [6.07, 6.45) is 0.643. The van der Waals surface area contributed by atoms with Crippen molar-refractivity contribution in [2.45, 2.75) is 19.4 Å². The van der Waals surface area contributed by atoms with Gasteiger partial charge in [0.05, 0.1) is 26.3 Å². The SMILES string of the molecule is CCC(COO)N(CCOO)CCN(CC(=O)O)CC(=O)O.II. The number of carboxylic acid groups (broad SMARTS) is 2. The highest BCUT2D eigenvalue weighted by Crippen LogP contribution is 2.05. The molecule has 0 rings (SSSR count). The molecule has 0 aliphatic heterocycles. The van der Waals surface area contributed by atoms with E-state index >= 15 is 0 Å². The number of halogens is 2. The number of rotatable bonds is 14. The van der Waals surface area contributed by atoms with Crippen LogP contribution < -0.4 is 0 Å². The van der Waals surface area contributed by atoms with Gasteiger partial charge in [-0.2, -0.15) is 0 Å². The van der Waals surface area contributed by atoms with Gasteiger partial charge in [-0.15, -0.1) is 0 Å². The van der Waals surface area contributed by atoms with Crippen molar-refractivity contribution in [1.29, 1.82) is 0 Å². The van der Waals surface area contributed by atoms with E-state index < -0.39 is 11.9 Å². The lowest BCUT2D eigenvalue weighted by Crippen LogP contribution is -2.46. The first kappa shape index (κ1) is 26.4. The molecular formula is C12H24I2N2O8. The minimum absolute atomic E-state index is 0.0276. The normalized spacial score (nSPS) is 12.0. The molecule has 0 saturated carbocycles. The van der Waals surface area contributed by atoms with Crippen LogP contribution in [0.3, 0.4) is 0 Å². The molecule has 10 nitrogen and oxygen atoms in total. The number of hydrogen-bond donors (Lipinski definition) is 4. The van der Waals surface area contributed by atoms with Crippen LogP contribution in [0.4, 0.5) is 0 Å². The van der Waals surface area contributed by atoms with E-state index in [-0.39, 0.29) is 38.9 Å². The van der Waals surface area contributed by atoms with Crippen molar-refractivity contribution in [3.8, 4) is 0 Å². The van der Waals surface area contributed by atoms with Crippen LogP contribution in [0.1, 0.15) is 13.3 Å². The molecule has 12 heteroatoms. The summed E-state index contributed by atoms with van der Waals surface area (Å²) < 4.78 is 0. The van der Waals surface area contributed by atoms with Crippen LogP contribution in [-0.2, 0) is 19.4 Å². The monoisotopic (exact) mass is 578 g/mol.